The molecule has 1 fully saturated rings. The second-order valence-corrected chi connectivity index (χ2v) is 13.1. The number of carbonyl (C=O) groups is 2. The molecule has 9 heteroatoms. The van der Waals surface area contributed by atoms with Crippen LogP contribution in [0.3, 0.4) is 0 Å². The zero-order valence-electron chi connectivity index (χ0n) is 22.9. The third kappa shape index (κ3) is 6.91. The summed E-state index contributed by atoms with van der Waals surface area (Å²) in [4.78, 5) is 27.6. The summed E-state index contributed by atoms with van der Waals surface area (Å²) in [7, 11) is 0. The maximum absolute atomic E-state index is 14.4. The molecule has 0 radical (unpaired) electrons. The average molecular weight is 661 g/mol. The summed E-state index contributed by atoms with van der Waals surface area (Å²) in [6, 6.07) is 20.8. The Morgan fingerprint density at radius 3 is 2.46 bits per heavy atom. The lowest BCUT2D eigenvalue weighted by Crippen LogP contribution is -2.54. The van der Waals surface area contributed by atoms with Gasteiger partial charge in [-0.2, -0.15) is 0 Å². The number of benzene rings is 3. The first kappa shape index (κ1) is 29.9. The third-order valence-electron chi connectivity index (χ3n) is 8.02. The van der Waals surface area contributed by atoms with Crippen molar-refractivity contribution >= 4 is 51.0 Å². The van der Waals surface area contributed by atoms with Gasteiger partial charge in [0.25, 0.3) is 0 Å². The Labute approximate surface area is 258 Å². The Balaban J connectivity index is 1.51. The van der Waals surface area contributed by atoms with Gasteiger partial charge in [-0.1, -0.05) is 63.4 Å². The van der Waals surface area contributed by atoms with Crippen LogP contribution in [0.25, 0.3) is 0 Å². The van der Waals surface area contributed by atoms with Crippen molar-refractivity contribution in [2.45, 2.75) is 57.5 Å². The molecule has 2 heterocycles. The second kappa shape index (κ2) is 12.3. The van der Waals surface area contributed by atoms with E-state index >= 15 is 0 Å². The number of amides is 1. The smallest absolute Gasteiger partial charge is 0.305 e. The minimum Gasteiger partial charge on any atom is -0.487 e. The summed E-state index contributed by atoms with van der Waals surface area (Å²) in [6.07, 6.45) is 0.124. The molecule has 0 aromatic heterocycles. The summed E-state index contributed by atoms with van der Waals surface area (Å²) in [5, 5.41) is 10.6. The first-order chi connectivity index (χ1) is 19.5. The van der Waals surface area contributed by atoms with Gasteiger partial charge >= 0.3 is 5.97 Å². The van der Waals surface area contributed by atoms with E-state index in [1.54, 1.807) is 17.0 Å². The predicted molar refractivity (Wildman–Crippen MR) is 162 cm³/mol. The predicted octanol–water partition coefficient (Wildman–Crippen LogP) is 7.74. The fourth-order valence-corrected chi connectivity index (χ4v) is 6.70. The van der Waals surface area contributed by atoms with Gasteiger partial charge < -0.3 is 19.5 Å². The number of carboxylic acid groups (broad SMARTS) is 1. The molecule has 0 bridgehead atoms. The molecule has 1 saturated heterocycles. The number of aliphatic carboxylic acids is 1. The Kier molecular flexibility index (Phi) is 9.00. The monoisotopic (exact) mass is 659 g/mol. The summed E-state index contributed by atoms with van der Waals surface area (Å²) >= 11 is 16.0. The molecule has 3 aromatic carbocycles. The standard InChI is InChI=1S/C32H32BrCl2NO5/c1-32(2)26-17-25(31(39)36(13-12-29(37)38)18-19-6-8-22(34)9-7-19)28(15-20-4-3-5-21(33)14-20)40-30(26)24-16-23(35)10-11-27(24)41-32/h3-11,14,16,25-26,28,30H,12-13,15,17-18H2,1-2H3,(H,37,38)/t25-,26+,28+,30-/m0/s1. The van der Waals surface area contributed by atoms with Crippen molar-refractivity contribution in [1.29, 1.82) is 0 Å². The third-order valence-corrected chi connectivity index (χ3v) is 9.01. The molecule has 3 aromatic rings. The highest BCUT2D eigenvalue weighted by Crippen LogP contribution is 2.53. The minimum atomic E-state index is -0.958. The lowest BCUT2D eigenvalue weighted by atomic mass is 9.71. The Bertz CT molecular complexity index is 1430. The molecule has 1 N–H and O–H groups in total. The highest BCUT2D eigenvalue weighted by molar-refractivity contribution is 9.10. The Morgan fingerprint density at radius 2 is 1.76 bits per heavy atom. The molecule has 0 aliphatic carbocycles. The van der Waals surface area contributed by atoms with E-state index in [0.29, 0.717) is 22.9 Å². The number of ether oxygens (including phenoxy) is 2. The molecule has 41 heavy (non-hydrogen) atoms. The van der Waals surface area contributed by atoms with E-state index in [2.05, 4.69) is 15.9 Å². The van der Waals surface area contributed by atoms with Crippen LogP contribution in [0.1, 0.15) is 49.5 Å². The number of fused-ring (bicyclic) bond motifs is 3. The molecular formula is C32H32BrCl2NO5. The van der Waals surface area contributed by atoms with Crippen LogP contribution in [0.2, 0.25) is 10.0 Å². The van der Waals surface area contributed by atoms with Gasteiger partial charge in [0.2, 0.25) is 5.91 Å². The van der Waals surface area contributed by atoms with Crippen molar-refractivity contribution in [2.75, 3.05) is 6.54 Å². The number of hydrogen-bond acceptors (Lipinski definition) is 4. The van der Waals surface area contributed by atoms with Crippen molar-refractivity contribution in [3.8, 4) is 5.75 Å². The second-order valence-electron chi connectivity index (χ2n) is 11.3. The maximum atomic E-state index is 14.4. The molecule has 6 nitrogen and oxygen atoms in total. The largest absolute Gasteiger partial charge is 0.487 e. The highest BCUT2D eigenvalue weighted by Gasteiger charge is 2.52. The van der Waals surface area contributed by atoms with E-state index in [9.17, 15) is 14.7 Å². The van der Waals surface area contributed by atoms with E-state index in [0.717, 1.165) is 26.9 Å². The van der Waals surface area contributed by atoms with E-state index in [1.807, 2.05) is 68.4 Å². The van der Waals surface area contributed by atoms with E-state index in [1.165, 1.54) is 0 Å². The Morgan fingerprint density at radius 1 is 1.02 bits per heavy atom. The first-order valence-electron chi connectivity index (χ1n) is 13.6. The van der Waals surface area contributed by atoms with Crippen LogP contribution in [0.5, 0.6) is 5.75 Å². The minimum absolute atomic E-state index is 0.0866. The number of carbonyl (C=O) groups excluding carboxylic acids is 1. The molecule has 216 valence electrons. The van der Waals surface area contributed by atoms with Gasteiger partial charge in [0.1, 0.15) is 11.4 Å². The van der Waals surface area contributed by atoms with Crippen LogP contribution >= 0.6 is 39.1 Å². The van der Waals surface area contributed by atoms with Crippen LogP contribution < -0.4 is 4.74 Å². The van der Waals surface area contributed by atoms with Crippen LogP contribution in [-0.4, -0.2) is 40.1 Å². The number of rotatable bonds is 8. The van der Waals surface area contributed by atoms with Crippen molar-refractivity contribution in [1.82, 2.24) is 4.90 Å². The van der Waals surface area contributed by atoms with Crippen LogP contribution in [-0.2, 0) is 27.3 Å². The maximum Gasteiger partial charge on any atom is 0.305 e. The van der Waals surface area contributed by atoms with Crippen molar-refractivity contribution in [3.05, 3.63) is 97.9 Å². The summed E-state index contributed by atoms with van der Waals surface area (Å²) < 4.78 is 14.3. The molecule has 5 rings (SSSR count). The fourth-order valence-electron chi connectivity index (χ4n) is 5.95. The van der Waals surface area contributed by atoms with Gasteiger partial charge in [0.05, 0.1) is 24.5 Å². The van der Waals surface area contributed by atoms with E-state index in [-0.39, 0.29) is 37.4 Å². The van der Waals surface area contributed by atoms with Crippen LogP contribution in [0.15, 0.2) is 71.2 Å². The molecule has 1 amide bonds. The lowest BCUT2D eigenvalue weighted by molar-refractivity contribution is -0.184. The van der Waals surface area contributed by atoms with Crippen molar-refractivity contribution in [2.24, 2.45) is 11.8 Å². The quantitative estimate of drug-likeness (QED) is 0.268. The van der Waals surface area contributed by atoms with Gasteiger partial charge in [-0.05, 0) is 80.3 Å². The van der Waals surface area contributed by atoms with Crippen molar-refractivity contribution in [3.63, 3.8) is 0 Å². The van der Waals surface area contributed by atoms with Crippen LogP contribution in [0.4, 0.5) is 0 Å². The molecular weight excluding hydrogens is 629 g/mol. The molecule has 0 unspecified atom stereocenters. The summed E-state index contributed by atoms with van der Waals surface area (Å²) in [5.41, 5.74) is 2.19. The molecule has 4 atom stereocenters. The SMILES string of the molecule is CC1(C)Oc2ccc(Cl)cc2[C@@H]2O[C@H](Cc3cccc(Br)c3)[C@@H](C(=O)N(CCC(=O)O)Cc3ccc(Cl)cc3)C[C@H]21. The molecule has 2 aliphatic heterocycles. The molecule has 0 saturated carbocycles. The molecule has 2 aliphatic rings. The zero-order chi connectivity index (χ0) is 29.3. The van der Waals surface area contributed by atoms with Gasteiger partial charge in [-0.3, -0.25) is 9.59 Å². The first-order valence-corrected chi connectivity index (χ1v) is 15.2. The highest BCUT2D eigenvalue weighted by atomic mass is 79.9. The lowest BCUT2D eigenvalue weighted by Gasteiger charge is -2.51. The van der Waals surface area contributed by atoms with E-state index < -0.39 is 23.6 Å². The zero-order valence-corrected chi connectivity index (χ0v) is 26.0. The number of hydrogen-bond donors (Lipinski definition) is 1. The molecule has 0 spiro atoms. The van der Waals surface area contributed by atoms with Gasteiger partial charge in [0, 0.05) is 39.1 Å². The summed E-state index contributed by atoms with van der Waals surface area (Å²) in [6.45, 7) is 4.41. The van der Waals surface area contributed by atoms with Gasteiger partial charge in [0.15, 0.2) is 0 Å². The van der Waals surface area contributed by atoms with Gasteiger partial charge in [-0.15, -0.1) is 0 Å². The van der Waals surface area contributed by atoms with Crippen molar-refractivity contribution < 1.29 is 24.2 Å². The van der Waals surface area contributed by atoms with Gasteiger partial charge in [-0.25, -0.2) is 0 Å². The topological polar surface area (TPSA) is 76.1 Å². The fraction of sp³-hybridized carbons (Fsp3) is 0.375. The normalized spacial score (nSPS) is 22.7. The average Bonchev–Trinajstić information content (AvgIpc) is 2.92. The Hall–Kier alpha value is -2.58. The number of halogens is 3. The number of nitrogens with zero attached hydrogens (tertiary/aromatic N) is 1. The van der Waals surface area contributed by atoms with E-state index in [4.69, 9.17) is 32.7 Å². The number of carboxylic acids is 1. The summed E-state index contributed by atoms with van der Waals surface area (Å²) in [5.74, 6) is -0.998. The van der Waals surface area contributed by atoms with Crippen LogP contribution in [0, 0.1) is 11.8 Å².